The topological polar surface area (TPSA) is 49.6 Å². The lowest BCUT2D eigenvalue weighted by molar-refractivity contribution is 0.546. The second kappa shape index (κ2) is 6.69. The van der Waals surface area contributed by atoms with E-state index < -0.39 is 0 Å². The van der Waals surface area contributed by atoms with Crippen LogP contribution >= 0.6 is 0 Å². The SMILES string of the molecule is CCNC(=NCc1oc2ccccc2c1C)NC1CC=CC1. The second-order valence-electron chi connectivity index (χ2n) is 5.63. The molecule has 1 aliphatic carbocycles. The van der Waals surface area contributed by atoms with E-state index in [9.17, 15) is 0 Å². The van der Waals surface area contributed by atoms with Crippen LogP contribution in [0.2, 0.25) is 0 Å². The molecule has 22 heavy (non-hydrogen) atoms. The number of para-hydroxylation sites is 1. The maximum absolute atomic E-state index is 5.92. The third kappa shape index (κ3) is 3.16. The Morgan fingerprint density at radius 2 is 2.05 bits per heavy atom. The minimum Gasteiger partial charge on any atom is -0.459 e. The quantitative estimate of drug-likeness (QED) is 0.516. The van der Waals surface area contributed by atoms with E-state index in [1.807, 2.05) is 18.2 Å². The van der Waals surface area contributed by atoms with E-state index in [2.05, 4.69) is 47.7 Å². The van der Waals surface area contributed by atoms with Crippen LogP contribution in [0.5, 0.6) is 0 Å². The fourth-order valence-electron chi connectivity index (χ4n) is 2.78. The molecule has 0 amide bonds. The van der Waals surface area contributed by atoms with Crippen LogP contribution < -0.4 is 10.6 Å². The third-order valence-corrected chi connectivity index (χ3v) is 4.02. The molecule has 0 atom stereocenters. The Morgan fingerprint density at radius 3 is 2.77 bits per heavy atom. The summed E-state index contributed by atoms with van der Waals surface area (Å²) in [5.41, 5.74) is 2.11. The number of nitrogens with zero attached hydrogens (tertiary/aromatic N) is 1. The predicted octanol–water partition coefficient (Wildman–Crippen LogP) is 3.51. The molecule has 0 unspecified atom stereocenters. The molecule has 4 nitrogen and oxygen atoms in total. The van der Waals surface area contributed by atoms with E-state index in [1.54, 1.807) is 0 Å². The monoisotopic (exact) mass is 297 g/mol. The van der Waals surface area contributed by atoms with Crippen molar-refractivity contribution < 1.29 is 4.42 Å². The Balaban J connectivity index is 1.74. The zero-order valence-corrected chi connectivity index (χ0v) is 13.2. The fraction of sp³-hybridized carbons (Fsp3) is 0.389. The van der Waals surface area contributed by atoms with Gasteiger partial charge in [-0.15, -0.1) is 0 Å². The summed E-state index contributed by atoms with van der Waals surface area (Å²) in [6, 6.07) is 8.58. The zero-order chi connectivity index (χ0) is 15.4. The maximum atomic E-state index is 5.92. The molecule has 0 saturated heterocycles. The van der Waals surface area contributed by atoms with E-state index in [1.165, 1.54) is 10.9 Å². The van der Waals surface area contributed by atoms with E-state index in [0.29, 0.717) is 12.6 Å². The number of aliphatic imine (C=N–C) groups is 1. The van der Waals surface area contributed by atoms with Crippen molar-refractivity contribution >= 4 is 16.9 Å². The van der Waals surface area contributed by atoms with Gasteiger partial charge in [-0.25, -0.2) is 4.99 Å². The number of hydrogen-bond acceptors (Lipinski definition) is 2. The van der Waals surface area contributed by atoms with Gasteiger partial charge >= 0.3 is 0 Å². The molecule has 3 rings (SSSR count). The highest BCUT2D eigenvalue weighted by molar-refractivity contribution is 5.82. The zero-order valence-electron chi connectivity index (χ0n) is 13.2. The van der Waals surface area contributed by atoms with Gasteiger partial charge in [0, 0.05) is 23.5 Å². The van der Waals surface area contributed by atoms with Crippen LogP contribution in [-0.2, 0) is 6.54 Å². The number of hydrogen-bond donors (Lipinski definition) is 2. The lowest BCUT2D eigenvalue weighted by atomic mass is 10.1. The van der Waals surface area contributed by atoms with E-state index >= 15 is 0 Å². The molecule has 0 aliphatic heterocycles. The molecule has 1 heterocycles. The van der Waals surface area contributed by atoms with Crippen molar-refractivity contribution in [1.29, 1.82) is 0 Å². The Morgan fingerprint density at radius 1 is 1.27 bits per heavy atom. The van der Waals surface area contributed by atoms with Crippen molar-refractivity contribution in [2.24, 2.45) is 4.99 Å². The number of rotatable bonds is 4. The number of furan rings is 1. The first kappa shape index (κ1) is 14.7. The summed E-state index contributed by atoms with van der Waals surface area (Å²) in [7, 11) is 0. The van der Waals surface area contributed by atoms with Crippen LogP contribution in [0.3, 0.4) is 0 Å². The molecule has 1 aliphatic rings. The number of fused-ring (bicyclic) bond motifs is 1. The molecule has 1 aromatic carbocycles. The Labute approximate surface area is 131 Å². The van der Waals surface area contributed by atoms with Gasteiger partial charge in [-0.1, -0.05) is 30.4 Å². The number of nitrogens with one attached hydrogen (secondary N) is 2. The molecule has 4 heteroatoms. The smallest absolute Gasteiger partial charge is 0.191 e. The lowest BCUT2D eigenvalue weighted by Gasteiger charge is -2.16. The summed E-state index contributed by atoms with van der Waals surface area (Å²) in [5.74, 6) is 1.79. The number of guanidine groups is 1. The van der Waals surface area contributed by atoms with Crippen molar-refractivity contribution in [3.8, 4) is 0 Å². The average molecular weight is 297 g/mol. The molecule has 116 valence electrons. The van der Waals surface area contributed by atoms with Gasteiger partial charge in [0.2, 0.25) is 0 Å². The van der Waals surface area contributed by atoms with Gasteiger partial charge in [0.25, 0.3) is 0 Å². The van der Waals surface area contributed by atoms with Gasteiger partial charge in [0.15, 0.2) is 5.96 Å². The second-order valence-corrected chi connectivity index (χ2v) is 5.63. The molecular weight excluding hydrogens is 274 g/mol. The molecule has 0 radical (unpaired) electrons. The minimum absolute atomic E-state index is 0.453. The highest BCUT2D eigenvalue weighted by atomic mass is 16.3. The summed E-state index contributed by atoms with van der Waals surface area (Å²) < 4.78 is 5.92. The molecular formula is C18H23N3O. The predicted molar refractivity (Wildman–Crippen MR) is 91.1 cm³/mol. The summed E-state index contributed by atoms with van der Waals surface area (Å²) in [4.78, 5) is 4.68. The van der Waals surface area contributed by atoms with Crippen molar-refractivity contribution in [3.05, 3.63) is 47.7 Å². The van der Waals surface area contributed by atoms with Crippen LogP contribution in [-0.4, -0.2) is 18.5 Å². The Kier molecular flexibility index (Phi) is 4.47. The van der Waals surface area contributed by atoms with Gasteiger partial charge in [-0.2, -0.15) is 0 Å². The molecule has 0 spiro atoms. The van der Waals surface area contributed by atoms with Crippen molar-refractivity contribution in [2.75, 3.05) is 6.54 Å². The van der Waals surface area contributed by atoms with Gasteiger partial charge in [0.1, 0.15) is 17.9 Å². The standard InChI is InChI=1S/C18H23N3O/c1-3-19-18(21-14-8-4-5-9-14)20-12-17-13(2)15-10-6-7-11-16(15)22-17/h4-7,10-11,14H,3,8-9,12H2,1-2H3,(H2,19,20,21). The highest BCUT2D eigenvalue weighted by Gasteiger charge is 2.13. The van der Waals surface area contributed by atoms with Crippen LogP contribution in [0.25, 0.3) is 11.0 Å². The van der Waals surface area contributed by atoms with Gasteiger partial charge < -0.3 is 15.1 Å². The van der Waals surface area contributed by atoms with Crippen LogP contribution in [0.4, 0.5) is 0 Å². The average Bonchev–Trinajstić information content (AvgIpc) is 3.14. The van der Waals surface area contributed by atoms with Crippen molar-refractivity contribution in [2.45, 2.75) is 39.3 Å². The van der Waals surface area contributed by atoms with Crippen LogP contribution in [0.15, 0.2) is 45.8 Å². The summed E-state index contributed by atoms with van der Waals surface area (Å²) in [6.07, 6.45) is 6.55. The van der Waals surface area contributed by atoms with Crippen LogP contribution in [0, 0.1) is 6.92 Å². The fourth-order valence-corrected chi connectivity index (χ4v) is 2.78. The summed E-state index contributed by atoms with van der Waals surface area (Å²) in [6.45, 7) is 5.58. The normalized spacial score (nSPS) is 15.6. The van der Waals surface area contributed by atoms with Gasteiger partial charge in [0.05, 0.1) is 0 Å². The molecule has 2 aromatic rings. The first-order valence-electron chi connectivity index (χ1n) is 7.94. The number of aryl methyl sites for hydroxylation is 1. The molecule has 0 saturated carbocycles. The summed E-state index contributed by atoms with van der Waals surface area (Å²) in [5, 5.41) is 7.95. The van der Waals surface area contributed by atoms with Crippen molar-refractivity contribution in [3.63, 3.8) is 0 Å². The summed E-state index contributed by atoms with van der Waals surface area (Å²) >= 11 is 0. The minimum atomic E-state index is 0.453. The molecule has 1 aromatic heterocycles. The van der Waals surface area contributed by atoms with E-state index in [-0.39, 0.29) is 0 Å². The highest BCUT2D eigenvalue weighted by Crippen LogP contribution is 2.25. The van der Waals surface area contributed by atoms with Crippen molar-refractivity contribution in [1.82, 2.24) is 10.6 Å². The van der Waals surface area contributed by atoms with E-state index in [4.69, 9.17) is 4.42 Å². The van der Waals surface area contributed by atoms with Crippen LogP contribution in [0.1, 0.15) is 31.1 Å². The maximum Gasteiger partial charge on any atom is 0.191 e. The largest absolute Gasteiger partial charge is 0.459 e. The first-order valence-corrected chi connectivity index (χ1v) is 7.94. The molecule has 0 bridgehead atoms. The first-order chi connectivity index (χ1) is 10.8. The lowest BCUT2D eigenvalue weighted by Crippen LogP contribution is -2.42. The molecule has 2 N–H and O–H groups in total. The molecule has 0 fully saturated rings. The van der Waals surface area contributed by atoms with E-state index in [0.717, 1.165) is 36.7 Å². The van der Waals surface area contributed by atoms with Gasteiger partial charge in [-0.05, 0) is 32.8 Å². The Hall–Kier alpha value is -2.23. The number of benzene rings is 1. The van der Waals surface area contributed by atoms with Gasteiger partial charge in [-0.3, -0.25) is 0 Å². The third-order valence-electron chi connectivity index (χ3n) is 4.02. The Bertz CT molecular complexity index is 691.